The van der Waals surface area contributed by atoms with Gasteiger partial charge in [0.1, 0.15) is 0 Å². The summed E-state index contributed by atoms with van der Waals surface area (Å²) in [5.41, 5.74) is 6.52. The fourth-order valence-corrected chi connectivity index (χ4v) is 4.55. The van der Waals surface area contributed by atoms with Crippen LogP contribution in [0.2, 0.25) is 0 Å². The number of aliphatic hydroxyl groups is 1. The van der Waals surface area contributed by atoms with Crippen molar-refractivity contribution in [2.24, 2.45) is 5.92 Å². The Hall–Kier alpha value is -4.27. The Morgan fingerprint density at radius 2 is 1.68 bits per heavy atom. The van der Waals surface area contributed by atoms with E-state index in [2.05, 4.69) is 47.6 Å². The van der Waals surface area contributed by atoms with Gasteiger partial charge in [-0.05, 0) is 77.4 Å². The molecule has 4 rings (SSSR count). The summed E-state index contributed by atoms with van der Waals surface area (Å²) in [5.74, 6) is -0.430. The number of carbonyl (C=O) groups is 1. The van der Waals surface area contributed by atoms with Crippen LogP contribution in [0.4, 0.5) is 0 Å². The summed E-state index contributed by atoms with van der Waals surface area (Å²) >= 11 is 0. The number of nitriles is 1. The van der Waals surface area contributed by atoms with Crippen molar-refractivity contribution in [2.75, 3.05) is 6.61 Å². The Morgan fingerprint density at radius 3 is 2.38 bits per heavy atom. The van der Waals surface area contributed by atoms with Gasteiger partial charge in [0.2, 0.25) is 0 Å². The van der Waals surface area contributed by atoms with Crippen molar-refractivity contribution in [3.05, 3.63) is 125 Å². The smallest absolute Gasteiger partial charge is 0.251 e. The van der Waals surface area contributed by atoms with E-state index in [9.17, 15) is 15.2 Å². The molecule has 3 aromatic carbocycles. The third kappa shape index (κ3) is 6.91. The molecule has 0 saturated heterocycles. The van der Waals surface area contributed by atoms with Crippen LogP contribution in [-0.4, -0.2) is 28.6 Å². The van der Waals surface area contributed by atoms with Crippen LogP contribution in [-0.2, 0) is 19.3 Å². The van der Waals surface area contributed by atoms with E-state index in [0.717, 1.165) is 28.7 Å². The summed E-state index contributed by atoms with van der Waals surface area (Å²) in [6.07, 6.45) is 5.53. The number of nitrogens with zero attached hydrogens (tertiary/aromatic N) is 2. The Bertz CT molecular complexity index is 1360. The number of aliphatic hydroxyl groups excluding tert-OH is 1. The van der Waals surface area contributed by atoms with Crippen LogP contribution in [0.3, 0.4) is 0 Å². The van der Waals surface area contributed by atoms with Crippen molar-refractivity contribution >= 4 is 5.91 Å². The molecule has 4 aromatic rings. The van der Waals surface area contributed by atoms with E-state index in [-0.39, 0.29) is 24.5 Å². The standard InChI is InChI=1S/C32H31N3O2/c1-2-23-6-4-10-29(17-23)27-11-13-28(14-12-27)32(37)35-31(19-26-9-5-15-34-21-26)30(22-36)18-24-7-3-8-25(16-24)20-33/h3-17,21,30-31,36H,2,18-19,22H2,1H3,(H,35,37). The monoisotopic (exact) mass is 489 g/mol. The first-order valence-electron chi connectivity index (χ1n) is 12.6. The van der Waals surface area contributed by atoms with Crippen molar-refractivity contribution in [3.63, 3.8) is 0 Å². The zero-order valence-corrected chi connectivity index (χ0v) is 21.0. The minimum Gasteiger partial charge on any atom is -0.396 e. The molecule has 2 unspecified atom stereocenters. The molecule has 0 spiro atoms. The summed E-state index contributed by atoms with van der Waals surface area (Å²) in [6, 6.07) is 29.1. The zero-order valence-electron chi connectivity index (χ0n) is 21.0. The van der Waals surface area contributed by atoms with Gasteiger partial charge in [-0.1, -0.05) is 61.5 Å². The molecule has 5 heteroatoms. The number of rotatable bonds is 10. The van der Waals surface area contributed by atoms with Crippen molar-refractivity contribution in [2.45, 2.75) is 32.2 Å². The third-order valence-electron chi connectivity index (χ3n) is 6.67. The molecule has 0 fully saturated rings. The predicted molar refractivity (Wildman–Crippen MR) is 146 cm³/mol. The van der Waals surface area contributed by atoms with Crippen LogP contribution >= 0.6 is 0 Å². The largest absolute Gasteiger partial charge is 0.396 e. The minimum absolute atomic E-state index is 0.102. The summed E-state index contributed by atoms with van der Waals surface area (Å²) in [7, 11) is 0. The molecule has 186 valence electrons. The molecular formula is C32H31N3O2. The van der Waals surface area contributed by atoms with Crippen LogP contribution in [0.25, 0.3) is 11.1 Å². The molecule has 0 aliphatic carbocycles. The lowest BCUT2D eigenvalue weighted by Crippen LogP contribution is -2.44. The van der Waals surface area contributed by atoms with Crippen LogP contribution in [0.5, 0.6) is 0 Å². The first-order chi connectivity index (χ1) is 18.1. The minimum atomic E-state index is -0.326. The third-order valence-corrected chi connectivity index (χ3v) is 6.67. The van der Waals surface area contributed by atoms with E-state index < -0.39 is 0 Å². The van der Waals surface area contributed by atoms with Gasteiger partial charge in [0, 0.05) is 36.5 Å². The Kier molecular flexibility index (Phi) is 8.80. The highest BCUT2D eigenvalue weighted by molar-refractivity contribution is 5.95. The molecule has 0 bridgehead atoms. The predicted octanol–water partition coefficient (Wildman–Crippen LogP) is 5.37. The number of benzene rings is 3. The van der Waals surface area contributed by atoms with Gasteiger partial charge in [-0.3, -0.25) is 9.78 Å². The lowest BCUT2D eigenvalue weighted by molar-refractivity contribution is 0.0903. The summed E-state index contributed by atoms with van der Waals surface area (Å²) in [4.78, 5) is 17.5. The highest BCUT2D eigenvalue weighted by Crippen LogP contribution is 2.22. The van der Waals surface area contributed by atoms with E-state index in [0.29, 0.717) is 24.0 Å². The maximum absolute atomic E-state index is 13.3. The second kappa shape index (κ2) is 12.6. The van der Waals surface area contributed by atoms with Crippen molar-refractivity contribution in [3.8, 4) is 17.2 Å². The lowest BCUT2D eigenvalue weighted by atomic mass is 9.88. The number of aromatic nitrogens is 1. The van der Waals surface area contributed by atoms with Crippen molar-refractivity contribution < 1.29 is 9.90 Å². The van der Waals surface area contributed by atoms with Crippen molar-refractivity contribution in [1.29, 1.82) is 5.26 Å². The fraction of sp³-hybridized carbons (Fsp3) is 0.219. The zero-order chi connectivity index (χ0) is 26.0. The number of nitrogens with one attached hydrogen (secondary N) is 1. The fourth-order valence-electron chi connectivity index (χ4n) is 4.55. The molecular weight excluding hydrogens is 458 g/mol. The molecule has 0 aliphatic rings. The molecule has 0 aliphatic heterocycles. The molecule has 5 nitrogen and oxygen atoms in total. The Labute approximate surface area is 218 Å². The lowest BCUT2D eigenvalue weighted by Gasteiger charge is -2.27. The molecule has 0 saturated carbocycles. The number of hydrogen-bond donors (Lipinski definition) is 2. The van der Waals surface area contributed by atoms with Gasteiger partial charge >= 0.3 is 0 Å². The van der Waals surface area contributed by atoms with E-state index in [1.807, 2.05) is 54.6 Å². The number of aryl methyl sites for hydroxylation is 1. The average Bonchev–Trinajstić information content (AvgIpc) is 2.96. The second-order valence-corrected chi connectivity index (χ2v) is 9.24. The van der Waals surface area contributed by atoms with E-state index in [1.165, 1.54) is 5.56 Å². The summed E-state index contributed by atoms with van der Waals surface area (Å²) < 4.78 is 0. The molecule has 0 radical (unpaired) electrons. The quantitative estimate of drug-likeness (QED) is 0.313. The van der Waals surface area contributed by atoms with Crippen molar-refractivity contribution in [1.82, 2.24) is 10.3 Å². The van der Waals surface area contributed by atoms with Gasteiger partial charge in [0.25, 0.3) is 5.91 Å². The molecule has 1 heterocycles. The highest BCUT2D eigenvalue weighted by Gasteiger charge is 2.24. The van der Waals surface area contributed by atoms with Crippen LogP contribution in [0, 0.1) is 17.2 Å². The Morgan fingerprint density at radius 1 is 0.919 bits per heavy atom. The topological polar surface area (TPSA) is 86.0 Å². The second-order valence-electron chi connectivity index (χ2n) is 9.24. The molecule has 37 heavy (non-hydrogen) atoms. The number of hydrogen-bond acceptors (Lipinski definition) is 4. The normalized spacial score (nSPS) is 12.4. The number of pyridine rings is 1. The van der Waals surface area contributed by atoms with Gasteiger partial charge < -0.3 is 10.4 Å². The summed E-state index contributed by atoms with van der Waals surface area (Å²) in [5, 5.41) is 22.7. The van der Waals surface area contributed by atoms with Crippen LogP contribution in [0.1, 0.15) is 39.5 Å². The maximum Gasteiger partial charge on any atom is 0.251 e. The first kappa shape index (κ1) is 25.8. The summed E-state index contributed by atoms with van der Waals surface area (Å²) in [6.45, 7) is 2.03. The molecule has 1 amide bonds. The molecule has 2 atom stereocenters. The molecule has 2 N–H and O–H groups in total. The number of carbonyl (C=O) groups excluding carboxylic acids is 1. The van der Waals surface area contributed by atoms with Crippen LogP contribution < -0.4 is 5.32 Å². The van der Waals surface area contributed by atoms with Gasteiger partial charge in [0.05, 0.1) is 11.6 Å². The first-order valence-corrected chi connectivity index (χ1v) is 12.6. The molecule has 1 aromatic heterocycles. The van der Waals surface area contributed by atoms with Gasteiger partial charge in [-0.15, -0.1) is 0 Å². The van der Waals surface area contributed by atoms with E-state index >= 15 is 0 Å². The highest BCUT2D eigenvalue weighted by atomic mass is 16.3. The van der Waals surface area contributed by atoms with Gasteiger partial charge in [-0.25, -0.2) is 0 Å². The maximum atomic E-state index is 13.3. The van der Waals surface area contributed by atoms with E-state index in [4.69, 9.17) is 0 Å². The average molecular weight is 490 g/mol. The van der Waals surface area contributed by atoms with Gasteiger partial charge in [0.15, 0.2) is 0 Å². The van der Waals surface area contributed by atoms with E-state index in [1.54, 1.807) is 18.5 Å². The van der Waals surface area contributed by atoms with Crippen LogP contribution in [0.15, 0.2) is 97.3 Å². The number of amides is 1. The van der Waals surface area contributed by atoms with Gasteiger partial charge in [-0.2, -0.15) is 5.26 Å². The SMILES string of the molecule is CCc1cccc(-c2ccc(C(=O)NC(Cc3cccnc3)C(CO)Cc3cccc(C#N)c3)cc2)c1. The Balaban J connectivity index is 1.54.